The molecular formula is C20H14Cl3O2PS. The highest BCUT2D eigenvalue weighted by atomic mass is 35.7. The molecule has 4 aromatic rings. The molecule has 0 aliphatic rings. The highest BCUT2D eigenvalue weighted by molar-refractivity contribution is 8.37. The average Bonchev–Trinajstić information content (AvgIpc) is 2.64. The summed E-state index contributed by atoms with van der Waals surface area (Å²) in [5, 5.41) is 4.38. The summed E-state index contributed by atoms with van der Waals surface area (Å²) in [6, 6.07) is 22.6. The largest absolute Gasteiger partial charge is 0.337 e. The summed E-state index contributed by atoms with van der Waals surface area (Å²) in [4.78, 5) is 22.6. The van der Waals surface area contributed by atoms with E-state index in [0.29, 0.717) is 19.8 Å². The molecule has 0 saturated carbocycles. The van der Waals surface area contributed by atoms with Crippen LogP contribution in [0.2, 0.25) is 10.0 Å². The van der Waals surface area contributed by atoms with Crippen molar-refractivity contribution in [1.82, 2.24) is 0 Å². The average molecular weight is 456 g/mol. The van der Waals surface area contributed by atoms with E-state index in [2.05, 4.69) is 0 Å². The van der Waals surface area contributed by atoms with Gasteiger partial charge in [-0.2, -0.15) is 0 Å². The Morgan fingerprint density at radius 1 is 0.630 bits per heavy atom. The fraction of sp³-hybridized carbons (Fsp3) is 0. The van der Waals surface area contributed by atoms with Gasteiger partial charge in [-0.05, 0) is 44.9 Å². The topological polar surface area (TPSA) is 40.5 Å². The minimum absolute atomic E-state index is 0.425. The fourth-order valence-corrected chi connectivity index (χ4v) is 10.1. The van der Waals surface area contributed by atoms with E-state index >= 15 is 0 Å². The van der Waals surface area contributed by atoms with Gasteiger partial charge in [0.2, 0.25) is 5.84 Å². The predicted molar refractivity (Wildman–Crippen MR) is 119 cm³/mol. The standard InChI is InChI=1S/C20H14Cl3O2PS/c21-17-11-9-13-5-1-3-7-15(13)19(17)27(26(23,24)25)20-16-8-4-2-6-14(16)10-12-18(20)22/h1-12,24-25H. The van der Waals surface area contributed by atoms with E-state index in [-0.39, 0.29) is 0 Å². The van der Waals surface area contributed by atoms with Gasteiger partial charge < -0.3 is 9.79 Å². The molecule has 0 heterocycles. The van der Waals surface area contributed by atoms with Gasteiger partial charge in [0.25, 0.3) is 0 Å². The number of halogens is 3. The van der Waals surface area contributed by atoms with Crippen molar-refractivity contribution in [2.45, 2.75) is 9.79 Å². The van der Waals surface area contributed by atoms with Crippen LogP contribution in [0, 0.1) is 0 Å². The molecule has 2 nitrogen and oxygen atoms in total. The fourth-order valence-electron chi connectivity index (χ4n) is 3.16. The van der Waals surface area contributed by atoms with Crippen molar-refractivity contribution in [3.63, 3.8) is 0 Å². The Labute approximate surface area is 173 Å². The zero-order chi connectivity index (χ0) is 19.2. The quantitative estimate of drug-likeness (QED) is 0.313. The second kappa shape index (κ2) is 7.42. The zero-order valence-electron chi connectivity index (χ0n) is 13.8. The molecule has 0 radical (unpaired) electrons. The van der Waals surface area contributed by atoms with Gasteiger partial charge in [-0.25, -0.2) is 0 Å². The first-order valence-electron chi connectivity index (χ1n) is 8.01. The number of hydrogen-bond donors (Lipinski definition) is 2. The highest BCUT2D eigenvalue weighted by Crippen LogP contribution is 2.56. The summed E-state index contributed by atoms with van der Waals surface area (Å²) in [7, 11) is -1.32. The number of rotatable bonds is 2. The molecule has 0 bridgehead atoms. The monoisotopic (exact) mass is 454 g/mol. The Hall–Kier alpha value is -1.03. The maximum atomic E-state index is 10.7. The van der Waals surface area contributed by atoms with Crippen molar-refractivity contribution in [3.8, 4) is 0 Å². The summed E-state index contributed by atoms with van der Waals surface area (Å²) in [5.74, 6) is -3.90. The van der Waals surface area contributed by atoms with E-state index < -0.39 is 15.9 Å². The molecule has 2 N–H and O–H groups in total. The molecular weight excluding hydrogens is 442 g/mol. The van der Waals surface area contributed by atoms with Crippen LogP contribution in [0.5, 0.6) is 0 Å². The molecule has 0 amide bonds. The highest BCUT2D eigenvalue weighted by Gasteiger charge is 2.25. The first kappa shape index (κ1) is 19.3. The van der Waals surface area contributed by atoms with E-state index in [1.807, 2.05) is 60.7 Å². The lowest BCUT2D eigenvalue weighted by Crippen LogP contribution is -2.00. The summed E-state index contributed by atoms with van der Waals surface area (Å²) in [6.07, 6.45) is 0. The first-order valence-corrected chi connectivity index (χ1v) is 13.2. The van der Waals surface area contributed by atoms with Crippen LogP contribution in [0.3, 0.4) is 0 Å². The zero-order valence-corrected chi connectivity index (χ0v) is 17.8. The molecule has 4 aromatic carbocycles. The van der Waals surface area contributed by atoms with Gasteiger partial charge in [0.1, 0.15) is 0 Å². The molecule has 4 rings (SSSR count). The Morgan fingerprint density at radius 2 is 1.04 bits per heavy atom. The van der Waals surface area contributed by atoms with Crippen molar-refractivity contribution < 1.29 is 9.79 Å². The van der Waals surface area contributed by atoms with E-state index in [4.69, 9.17) is 34.4 Å². The molecule has 27 heavy (non-hydrogen) atoms. The predicted octanol–water partition coefficient (Wildman–Crippen LogP) is 7.24. The molecule has 7 heteroatoms. The molecule has 138 valence electrons. The Morgan fingerprint density at radius 3 is 1.44 bits per heavy atom. The van der Waals surface area contributed by atoms with Gasteiger partial charge in [0, 0.05) is 9.79 Å². The van der Waals surface area contributed by atoms with Crippen LogP contribution in [0.15, 0.2) is 82.6 Å². The Balaban J connectivity index is 2.22. The van der Waals surface area contributed by atoms with Crippen molar-refractivity contribution in [2.75, 3.05) is 0 Å². The lowest BCUT2D eigenvalue weighted by molar-refractivity contribution is 0.500. The Bertz CT molecular complexity index is 1160. The van der Waals surface area contributed by atoms with Gasteiger partial charge in [0.15, 0.2) is 0 Å². The summed E-state index contributed by atoms with van der Waals surface area (Å²) in [6.45, 7) is 0. The molecule has 0 unspecified atom stereocenters. The van der Waals surface area contributed by atoms with E-state index in [1.54, 1.807) is 12.1 Å². The van der Waals surface area contributed by atoms with Gasteiger partial charge in [0.05, 0.1) is 10.0 Å². The van der Waals surface area contributed by atoms with Crippen molar-refractivity contribution in [2.24, 2.45) is 0 Å². The molecule has 0 aromatic heterocycles. The van der Waals surface area contributed by atoms with Crippen LogP contribution in [0.1, 0.15) is 0 Å². The summed E-state index contributed by atoms with van der Waals surface area (Å²) >= 11 is 19.3. The second-order valence-electron chi connectivity index (χ2n) is 5.95. The third-order valence-corrected chi connectivity index (χ3v) is 11.0. The van der Waals surface area contributed by atoms with Crippen LogP contribution in [0.4, 0.5) is 0 Å². The molecule has 0 atom stereocenters. The van der Waals surface area contributed by atoms with Crippen LogP contribution in [0.25, 0.3) is 21.5 Å². The van der Waals surface area contributed by atoms with Gasteiger partial charge in [-0.1, -0.05) is 93.9 Å². The van der Waals surface area contributed by atoms with Crippen LogP contribution >= 0.6 is 40.3 Å². The maximum absolute atomic E-state index is 10.7. The van der Waals surface area contributed by atoms with Crippen LogP contribution in [-0.4, -0.2) is 9.79 Å². The van der Waals surface area contributed by atoms with Gasteiger partial charge in [-0.15, -0.1) is 0 Å². The molecule has 0 aliphatic carbocycles. The van der Waals surface area contributed by atoms with Crippen molar-refractivity contribution >= 4 is 71.9 Å². The first-order chi connectivity index (χ1) is 12.9. The normalized spacial score (nSPS) is 12.2. The summed E-state index contributed by atoms with van der Waals surface area (Å²) in [5.41, 5.74) is 0. The Kier molecular flexibility index (Phi) is 5.30. The number of hydrogen-bond acceptors (Lipinski definition) is 0. The maximum Gasteiger partial charge on any atom is 0.244 e. The van der Waals surface area contributed by atoms with Crippen LogP contribution in [-0.2, 0) is 10.1 Å². The van der Waals surface area contributed by atoms with Gasteiger partial charge >= 0.3 is 0 Å². The van der Waals surface area contributed by atoms with E-state index in [9.17, 15) is 9.79 Å². The summed E-state index contributed by atoms with van der Waals surface area (Å²) < 4.78 is 0. The number of fused-ring (bicyclic) bond motifs is 2. The minimum atomic E-state index is -3.90. The van der Waals surface area contributed by atoms with Crippen LogP contribution < -0.4 is 0 Å². The molecule has 0 spiro atoms. The lowest BCUT2D eigenvalue weighted by atomic mass is 10.1. The van der Waals surface area contributed by atoms with E-state index in [1.165, 1.54) is 0 Å². The lowest BCUT2D eigenvalue weighted by Gasteiger charge is -2.21. The second-order valence-corrected chi connectivity index (χ2v) is 13.7. The minimum Gasteiger partial charge on any atom is -0.337 e. The van der Waals surface area contributed by atoms with Crippen molar-refractivity contribution in [3.05, 3.63) is 82.8 Å². The molecule has 0 saturated heterocycles. The molecule has 0 aliphatic heterocycles. The van der Waals surface area contributed by atoms with E-state index in [0.717, 1.165) is 21.5 Å². The SMILES string of the molecule is OP(O)(Cl)=S(c1c(Cl)ccc2ccccc12)c1c(Cl)ccc2ccccc12. The molecule has 0 fully saturated rings. The number of benzene rings is 4. The van der Waals surface area contributed by atoms with Crippen molar-refractivity contribution in [1.29, 1.82) is 0 Å². The third kappa shape index (κ3) is 3.54. The smallest absolute Gasteiger partial charge is 0.244 e. The third-order valence-electron chi connectivity index (χ3n) is 4.28. The van der Waals surface area contributed by atoms with Gasteiger partial charge in [-0.3, -0.25) is 0 Å².